The van der Waals surface area contributed by atoms with E-state index in [1.54, 1.807) is 40.5 Å². The van der Waals surface area contributed by atoms with E-state index in [1.165, 1.54) is 11.8 Å². The summed E-state index contributed by atoms with van der Waals surface area (Å²) in [6.07, 6.45) is 1.59. The number of carbonyl (C=O) groups excluding carboxylic acids is 2. The summed E-state index contributed by atoms with van der Waals surface area (Å²) in [5.74, 6) is 0.249. The lowest BCUT2D eigenvalue weighted by Crippen LogP contribution is -2.62. The number of likely N-dealkylation sites (N-methyl/N-ethyl adjacent to an activating group) is 2. The first kappa shape index (κ1) is 21.1. The van der Waals surface area contributed by atoms with E-state index in [9.17, 15) is 9.59 Å². The molecule has 2 aromatic heterocycles. The minimum atomic E-state index is -1.16. The van der Waals surface area contributed by atoms with Crippen molar-refractivity contribution in [3.63, 3.8) is 0 Å². The number of likely N-dealkylation sites (tertiary alicyclic amines) is 1. The standard InChI is InChI=1S/C24H21N3O3S3/c1-25-14-17(19-10-6-12-32-19)24(21(29)27(22(31)33-24)13-15-7-5-11-30-15)23(25)16-8-3-4-9-18(16)26(2)20(23)28/h3-12,17H,13-14H2,1-2H3/t17-,23-,24+/m1/s1. The SMILES string of the molecule is CN1C(=O)[C@@]2(c3ccccc31)N(C)C[C@H](c1cccs1)[C@@]21SC(=S)N(Cc2ccco2)C1=O. The number of thiocarbonyl (C=S) groups is 1. The number of carbonyl (C=O) groups is 2. The second kappa shape index (κ2) is 7.27. The molecule has 1 aromatic carbocycles. The van der Waals surface area contributed by atoms with E-state index >= 15 is 0 Å². The lowest BCUT2D eigenvalue weighted by atomic mass is 9.73. The second-order valence-electron chi connectivity index (χ2n) is 8.61. The number of hydrogen-bond donors (Lipinski definition) is 0. The summed E-state index contributed by atoms with van der Waals surface area (Å²) >= 11 is 8.79. The molecule has 0 bridgehead atoms. The summed E-state index contributed by atoms with van der Waals surface area (Å²) in [5, 5.41) is 2.02. The highest BCUT2D eigenvalue weighted by molar-refractivity contribution is 8.25. The van der Waals surface area contributed by atoms with Crippen LogP contribution in [0.4, 0.5) is 5.69 Å². The van der Waals surface area contributed by atoms with Crippen molar-refractivity contribution in [2.24, 2.45) is 0 Å². The maximum Gasteiger partial charge on any atom is 0.254 e. The molecule has 0 unspecified atom stereocenters. The van der Waals surface area contributed by atoms with Crippen molar-refractivity contribution in [2.75, 3.05) is 25.5 Å². The number of amides is 2. The van der Waals surface area contributed by atoms with Crippen LogP contribution in [0.1, 0.15) is 22.1 Å². The molecule has 3 aliphatic rings. The number of benzene rings is 1. The second-order valence-corrected chi connectivity index (χ2v) is 11.5. The highest BCUT2D eigenvalue weighted by Gasteiger charge is 2.78. The molecule has 9 heteroatoms. The van der Waals surface area contributed by atoms with E-state index in [1.807, 2.05) is 48.8 Å². The fourth-order valence-electron chi connectivity index (χ4n) is 5.79. The van der Waals surface area contributed by atoms with Gasteiger partial charge in [-0.15, -0.1) is 11.3 Å². The highest BCUT2D eigenvalue weighted by Crippen LogP contribution is 2.66. The Morgan fingerprint density at radius 2 is 1.91 bits per heavy atom. The fraction of sp³-hybridized carbons (Fsp3) is 0.292. The molecule has 0 saturated carbocycles. The molecule has 5 heterocycles. The van der Waals surface area contributed by atoms with Crippen LogP contribution in [0.15, 0.2) is 64.6 Å². The van der Waals surface area contributed by atoms with Gasteiger partial charge in [0.05, 0.1) is 12.8 Å². The normalized spacial score (nSPS) is 29.3. The van der Waals surface area contributed by atoms with Gasteiger partial charge in [-0.05, 0) is 36.7 Å². The highest BCUT2D eigenvalue weighted by atomic mass is 32.2. The number of anilines is 1. The number of thiophene rings is 1. The number of nitrogens with zero attached hydrogens (tertiary/aromatic N) is 3. The van der Waals surface area contributed by atoms with Gasteiger partial charge in [-0.1, -0.05) is 48.2 Å². The molecule has 3 aromatic rings. The van der Waals surface area contributed by atoms with Crippen LogP contribution >= 0.6 is 35.3 Å². The van der Waals surface area contributed by atoms with Crippen LogP contribution in [-0.2, 0) is 21.7 Å². The first-order valence-electron chi connectivity index (χ1n) is 10.6. The van der Waals surface area contributed by atoms with Crippen molar-refractivity contribution in [3.05, 3.63) is 76.4 Å². The van der Waals surface area contributed by atoms with Crippen molar-refractivity contribution >= 4 is 57.1 Å². The van der Waals surface area contributed by atoms with Crippen molar-refractivity contribution in [1.82, 2.24) is 9.80 Å². The zero-order valence-corrected chi connectivity index (χ0v) is 20.5. The van der Waals surface area contributed by atoms with Crippen molar-refractivity contribution in [2.45, 2.75) is 22.7 Å². The van der Waals surface area contributed by atoms with E-state index < -0.39 is 10.3 Å². The van der Waals surface area contributed by atoms with Crippen molar-refractivity contribution < 1.29 is 14.0 Å². The Balaban J connectivity index is 1.60. The molecular formula is C24H21N3O3S3. The molecule has 3 aliphatic heterocycles. The Hall–Kier alpha value is -2.46. The predicted molar refractivity (Wildman–Crippen MR) is 133 cm³/mol. The first-order valence-corrected chi connectivity index (χ1v) is 12.7. The van der Waals surface area contributed by atoms with Crippen molar-refractivity contribution in [3.8, 4) is 0 Å². The molecule has 6 rings (SSSR count). The molecule has 2 amide bonds. The van der Waals surface area contributed by atoms with Crippen LogP contribution in [-0.4, -0.2) is 51.3 Å². The third kappa shape index (κ3) is 2.51. The van der Waals surface area contributed by atoms with Crippen LogP contribution in [0.25, 0.3) is 0 Å². The number of fused-ring (bicyclic) bond motifs is 3. The van der Waals surface area contributed by atoms with Crippen LogP contribution in [0.3, 0.4) is 0 Å². The average molecular weight is 496 g/mol. The van der Waals surface area contributed by atoms with Gasteiger partial charge in [0.1, 0.15) is 14.8 Å². The molecule has 3 atom stereocenters. The molecule has 0 radical (unpaired) electrons. The topological polar surface area (TPSA) is 57.0 Å². The Kier molecular flexibility index (Phi) is 4.65. The molecular weight excluding hydrogens is 474 g/mol. The van der Waals surface area contributed by atoms with Crippen LogP contribution in [0, 0.1) is 0 Å². The maximum atomic E-state index is 14.5. The lowest BCUT2D eigenvalue weighted by Gasteiger charge is -2.42. The summed E-state index contributed by atoms with van der Waals surface area (Å²) in [4.78, 5) is 35.2. The fourth-order valence-corrected chi connectivity index (χ4v) is 8.86. The van der Waals surface area contributed by atoms with Gasteiger partial charge in [-0.2, -0.15) is 0 Å². The zero-order chi connectivity index (χ0) is 23.0. The Morgan fingerprint density at radius 1 is 1.09 bits per heavy atom. The largest absolute Gasteiger partial charge is 0.467 e. The number of hydrogen-bond acceptors (Lipinski definition) is 7. The van der Waals surface area contributed by atoms with Gasteiger partial charge in [0.25, 0.3) is 5.91 Å². The Bertz CT molecular complexity index is 1280. The van der Waals surface area contributed by atoms with Crippen molar-refractivity contribution in [1.29, 1.82) is 0 Å². The summed E-state index contributed by atoms with van der Waals surface area (Å²) in [7, 11) is 3.74. The summed E-state index contributed by atoms with van der Waals surface area (Å²) in [5.41, 5.74) is 0.545. The lowest BCUT2D eigenvalue weighted by molar-refractivity contribution is -0.139. The summed E-state index contributed by atoms with van der Waals surface area (Å²) in [6, 6.07) is 15.5. The first-order chi connectivity index (χ1) is 15.9. The minimum absolute atomic E-state index is 0.0891. The average Bonchev–Trinajstić information content (AvgIpc) is 3.62. The van der Waals surface area contributed by atoms with Crippen LogP contribution < -0.4 is 4.90 Å². The molecule has 0 N–H and O–H groups in total. The molecule has 0 aliphatic carbocycles. The maximum absolute atomic E-state index is 14.5. The summed E-state index contributed by atoms with van der Waals surface area (Å²) in [6.45, 7) is 0.826. The van der Waals surface area contributed by atoms with E-state index in [0.29, 0.717) is 16.6 Å². The van der Waals surface area contributed by atoms with E-state index in [2.05, 4.69) is 11.0 Å². The zero-order valence-electron chi connectivity index (χ0n) is 18.1. The molecule has 168 valence electrons. The number of para-hydroxylation sites is 1. The minimum Gasteiger partial charge on any atom is -0.467 e. The Morgan fingerprint density at radius 3 is 2.64 bits per heavy atom. The molecule has 33 heavy (non-hydrogen) atoms. The van der Waals surface area contributed by atoms with Gasteiger partial charge in [0, 0.05) is 35.6 Å². The molecule has 2 saturated heterocycles. The Labute approximate surface area is 205 Å². The monoisotopic (exact) mass is 495 g/mol. The summed E-state index contributed by atoms with van der Waals surface area (Å²) < 4.78 is 4.89. The van der Waals surface area contributed by atoms with Gasteiger partial charge in [0.2, 0.25) is 5.91 Å². The molecule has 2 spiro atoms. The van der Waals surface area contributed by atoms with E-state index in [0.717, 1.165) is 16.1 Å². The van der Waals surface area contributed by atoms with Crippen LogP contribution in [0.2, 0.25) is 0 Å². The number of thioether (sulfide) groups is 1. The van der Waals surface area contributed by atoms with Gasteiger partial charge < -0.3 is 9.32 Å². The van der Waals surface area contributed by atoms with Gasteiger partial charge in [0.15, 0.2) is 5.54 Å². The number of rotatable bonds is 3. The number of furan rings is 1. The van der Waals surface area contributed by atoms with E-state index in [4.69, 9.17) is 16.6 Å². The molecule has 6 nitrogen and oxygen atoms in total. The quantitative estimate of drug-likeness (QED) is 0.511. The van der Waals surface area contributed by atoms with Crippen LogP contribution in [0.5, 0.6) is 0 Å². The predicted octanol–water partition coefficient (Wildman–Crippen LogP) is 4.04. The molecule has 2 fully saturated rings. The van der Waals surface area contributed by atoms with E-state index in [-0.39, 0.29) is 24.3 Å². The third-order valence-corrected chi connectivity index (χ3v) is 10.1. The smallest absolute Gasteiger partial charge is 0.254 e. The van der Waals surface area contributed by atoms with Gasteiger partial charge in [-0.3, -0.25) is 19.4 Å². The third-order valence-electron chi connectivity index (χ3n) is 7.14. The van der Waals surface area contributed by atoms with Gasteiger partial charge >= 0.3 is 0 Å². The van der Waals surface area contributed by atoms with Gasteiger partial charge in [-0.25, -0.2) is 0 Å².